The molecule has 0 saturated carbocycles. The number of carbonyl (C=O) groups excluding carboxylic acids is 2. The molecule has 7 nitrogen and oxygen atoms in total. The van der Waals surface area contributed by atoms with Gasteiger partial charge in [-0.3, -0.25) is 4.79 Å². The van der Waals surface area contributed by atoms with Crippen LogP contribution in [0.1, 0.15) is 27.0 Å². The van der Waals surface area contributed by atoms with Crippen molar-refractivity contribution in [3.05, 3.63) is 75.1 Å². The Morgan fingerprint density at radius 1 is 0.944 bits per heavy atom. The number of esters is 1. The van der Waals surface area contributed by atoms with Crippen LogP contribution in [0.15, 0.2) is 51.7 Å². The Labute approximate surface area is 198 Å². The van der Waals surface area contributed by atoms with Crippen LogP contribution in [-0.4, -0.2) is 32.1 Å². The van der Waals surface area contributed by atoms with E-state index >= 15 is 0 Å². The van der Waals surface area contributed by atoms with Gasteiger partial charge in [0.1, 0.15) is 17.4 Å². The zero-order valence-corrected chi connectivity index (χ0v) is 18.5. The molecular formula is C23H17F6NO6. The number of hydrogen-bond donors (Lipinski definition) is 1. The Morgan fingerprint density at radius 2 is 1.56 bits per heavy atom. The highest BCUT2D eigenvalue weighted by molar-refractivity contribution is 5.97. The van der Waals surface area contributed by atoms with E-state index < -0.39 is 59.0 Å². The van der Waals surface area contributed by atoms with E-state index in [9.17, 15) is 40.7 Å². The third-order valence-electron chi connectivity index (χ3n) is 5.10. The van der Waals surface area contributed by atoms with E-state index in [4.69, 9.17) is 9.15 Å². The third kappa shape index (κ3) is 5.96. The Bertz CT molecular complexity index is 1330. The summed E-state index contributed by atoms with van der Waals surface area (Å²) in [5.74, 6) is -2.09. The van der Waals surface area contributed by atoms with Crippen molar-refractivity contribution in [3.63, 3.8) is 0 Å². The zero-order chi connectivity index (χ0) is 26.8. The van der Waals surface area contributed by atoms with Gasteiger partial charge in [0.05, 0.1) is 25.3 Å². The number of hydrogen-bond acceptors (Lipinski definition) is 6. The molecule has 0 unspecified atom stereocenters. The topological polar surface area (TPSA) is 94.8 Å². The molecule has 1 heterocycles. The van der Waals surface area contributed by atoms with Crippen LogP contribution in [-0.2, 0) is 28.3 Å². The molecule has 0 aliphatic rings. The molecule has 0 fully saturated rings. The van der Waals surface area contributed by atoms with Crippen LogP contribution in [0.4, 0.5) is 26.3 Å². The van der Waals surface area contributed by atoms with E-state index in [1.807, 2.05) is 0 Å². The normalized spacial score (nSPS) is 12.8. The quantitative estimate of drug-likeness (QED) is 0.297. The van der Waals surface area contributed by atoms with E-state index in [0.717, 1.165) is 13.2 Å². The van der Waals surface area contributed by atoms with Crippen LogP contribution < -0.4 is 15.7 Å². The number of carbonyl (C=O) groups is 2. The summed E-state index contributed by atoms with van der Waals surface area (Å²) in [6.07, 6.45) is -10.7. The van der Waals surface area contributed by atoms with Crippen LogP contribution >= 0.6 is 0 Å². The van der Waals surface area contributed by atoms with Gasteiger partial charge in [-0.1, -0.05) is 0 Å². The molecule has 1 atom stereocenters. The van der Waals surface area contributed by atoms with Crippen molar-refractivity contribution < 1.29 is 49.8 Å². The maximum atomic E-state index is 13.2. The Hall–Kier alpha value is -4.03. The van der Waals surface area contributed by atoms with E-state index in [2.05, 4.69) is 10.1 Å². The number of ether oxygens (including phenoxy) is 2. The van der Waals surface area contributed by atoms with Crippen LogP contribution in [0, 0.1) is 0 Å². The van der Waals surface area contributed by atoms with Gasteiger partial charge in [-0.25, -0.2) is 9.59 Å². The molecule has 0 aliphatic heterocycles. The minimum Gasteiger partial charge on any atom is -0.497 e. The van der Waals surface area contributed by atoms with Gasteiger partial charge in [0.25, 0.3) is 5.91 Å². The number of rotatable bonds is 6. The van der Waals surface area contributed by atoms with E-state index in [0.29, 0.717) is 11.1 Å². The summed E-state index contributed by atoms with van der Waals surface area (Å²) in [5.41, 5.74) is -4.91. The van der Waals surface area contributed by atoms with Gasteiger partial charge in [0.15, 0.2) is 0 Å². The number of nitrogens with one attached hydrogen (secondary N) is 1. The molecule has 0 bridgehead atoms. The molecule has 192 valence electrons. The first-order valence-electron chi connectivity index (χ1n) is 10.0. The van der Waals surface area contributed by atoms with Crippen LogP contribution in [0.5, 0.6) is 5.75 Å². The molecule has 3 rings (SSSR count). The Kier molecular flexibility index (Phi) is 7.32. The first kappa shape index (κ1) is 26.6. The predicted octanol–water partition coefficient (Wildman–Crippen LogP) is 4.35. The average Bonchev–Trinajstić information content (AvgIpc) is 2.80. The lowest BCUT2D eigenvalue weighted by molar-refractivity contribution is -0.144. The summed E-state index contributed by atoms with van der Waals surface area (Å²) in [6, 6.07) is 4.23. The molecule has 2 aromatic carbocycles. The lowest BCUT2D eigenvalue weighted by atomic mass is 10.0. The molecular weight excluding hydrogens is 500 g/mol. The highest BCUT2D eigenvalue weighted by atomic mass is 19.4. The van der Waals surface area contributed by atoms with Gasteiger partial charge in [-0.15, -0.1) is 0 Å². The summed E-state index contributed by atoms with van der Waals surface area (Å²) >= 11 is 0. The number of alkyl halides is 6. The molecule has 3 aromatic rings. The van der Waals surface area contributed by atoms with Crippen molar-refractivity contribution in [2.75, 3.05) is 14.2 Å². The summed E-state index contributed by atoms with van der Waals surface area (Å²) in [4.78, 5) is 37.0. The van der Waals surface area contributed by atoms with E-state index in [1.54, 1.807) is 0 Å². The summed E-state index contributed by atoms with van der Waals surface area (Å²) in [7, 11) is 2.35. The molecule has 13 heteroatoms. The molecule has 36 heavy (non-hydrogen) atoms. The second-order valence-corrected chi connectivity index (χ2v) is 7.50. The minimum absolute atomic E-state index is 0.0829. The maximum Gasteiger partial charge on any atom is 0.416 e. The molecule has 0 spiro atoms. The van der Waals surface area contributed by atoms with Gasteiger partial charge in [0, 0.05) is 29.5 Å². The number of halogens is 6. The zero-order valence-electron chi connectivity index (χ0n) is 18.5. The van der Waals surface area contributed by atoms with Gasteiger partial charge in [-0.2, -0.15) is 26.3 Å². The van der Waals surface area contributed by atoms with Crippen LogP contribution in [0.25, 0.3) is 11.0 Å². The summed E-state index contributed by atoms with van der Waals surface area (Å²) < 4.78 is 93.7. The molecule has 1 aromatic heterocycles. The van der Waals surface area contributed by atoms with E-state index in [-0.39, 0.29) is 29.3 Å². The second-order valence-electron chi connectivity index (χ2n) is 7.50. The lowest BCUT2D eigenvalue weighted by Crippen LogP contribution is -2.43. The standard InChI is InChI=1S/C23H17F6NO6/c1-34-15-3-4-16-11(8-19(31)36-18(16)10-15)7-17(21(33)35-2)30-20(32)12-5-13(22(24,25)26)9-14(6-12)23(27,28)29/h3-6,8-10,17H,7H2,1-2H3,(H,30,32)/t17-/m1/s1. The minimum atomic E-state index is -5.17. The number of methoxy groups -OCH3 is 2. The Morgan fingerprint density at radius 3 is 2.08 bits per heavy atom. The highest BCUT2D eigenvalue weighted by Gasteiger charge is 2.38. The smallest absolute Gasteiger partial charge is 0.416 e. The Balaban J connectivity index is 2.00. The van der Waals surface area contributed by atoms with Crippen molar-refractivity contribution in [1.82, 2.24) is 5.32 Å². The monoisotopic (exact) mass is 517 g/mol. The van der Waals surface area contributed by atoms with Crippen LogP contribution in [0.2, 0.25) is 0 Å². The number of fused-ring (bicyclic) bond motifs is 1. The summed E-state index contributed by atoms with van der Waals surface area (Å²) in [6.45, 7) is 0. The number of benzene rings is 2. The van der Waals surface area contributed by atoms with Crippen LogP contribution in [0.3, 0.4) is 0 Å². The van der Waals surface area contributed by atoms with Crippen molar-refractivity contribution in [2.45, 2.75) is 24.8 Å². The first-order chi connectivity index (χ1) is 16.7. The second kappa shape index (κ2) is 9.91. The van der Waals surface area contributed by atoms with Gasteiger partial charge in [0.2, 0.25) is 0 Å². The highest BCUT2D eigenvalue weighted by Crippen LogP contribution is 2.36. The molecule has 1 amide bonds. The lowest BCUT2D eigenvalue weighted by Gasteiger charge is -2.19. The molecule has 0 aliphatic carbocycles. The molecule has 1 N–H and O–H groups in total. The van der Waals surface area contributed by atoms with Gasteiger partial charge >= 0.3 is 23.9 Å². The molecule has 0 saturated heterocycles. The first-order valence-corrected chi connectivity index (χ1v) is 10.0. The summed E-state index contributed by atoms with van der Waals surface area (Å²) in [5, 5.41) is 2.44. The fraction of sp³-hybridized carbons (Fsp3) is 0.261. The van der Waals surface area contributed by atoms with Crippen molar-refractivity contribution in [3.8, 4) is 5.75 Å². The van der Waals surface area contributed by atoms with Crippen molar-refractivity contribution >= 4 is 22.8 Å². The predicted molar refractivity (Wildman–Crippen MR) is 112 cm³/mol. The SMILES string of the molecule is COC(=O)[C@@H](Cc1cc(=O)oc2cc(OC)ccc12)NC(=O)c1cc(C(F)(F)F)cc(C(F)(F)F)c1. The van der Waals surface area contributed by atoms with Crippen molar-refractivity contribution in [1.29, 1.82) is 0 Å². The van der Waals surface area contributed by atoms with Gasteiger partial charge < -0.3 is 19.2 Å². The fourth-order valence-corrected chi connectivity index (χ4v) is 3.39. The number of amides is 1. The van der Waals surface area contributed by atoms with E-state index in [1.165, 1.54) is 25.3 Å². The molecule has 0 radical (unpaired) electrons. The third-order valence-corrected chi connectivity index (χ3v) is 5.10. The average molecular weight is 517 g/mol. The van der Waals surface area contributed by atoms with Crippen molar-refractivity contribution in [2.24, 2.45) is 0 Å². The van der Waals surface area contributed by atoms with Gasteiger partial charge in [-0.05, 0) is 35.9 Å². The largest absolute Gasteiger partial charge is 0.497 e. The maximum absolute atomic E-state index is 13.2. The fourth-order valence-electron chi connectivity index (χ4n) is 3.39.